The Hall–Kier alpha value is -2.51. The van der Waals surface area contributed by atoms with Crippen LogP contribution >= 0.6 is 0 Å². The molecule has 0 N–H and O–H groups in total. The van der Waals surface area contributed by atoms with Crippen LogP contribution in [0.1, 0.15) is 44.2 Å². The second-order valence-electron chi connectivity index (χ2n) is 8.19. The van der Waals surface area contributed by atoms with Crippen LogP contribution in [0.4, 0.5) is 22.0 Å². The molecular formula is C21H18F5NO2. The first-order chi connectivity index (χ1) is 13.4. The van der Waals surface area contributed by atoms with Crippen molar-refractivity contribution in [2.24, 2.45) is 10.9 Å². The molecule has 3 atom stereocenters. The summed E-state index contributed by atoms with van der Waals surface area (Å²) >= 11 is 0. The van der Waals surface area contributed by atoms with Crippen molar-refractivity contribution >= 4 is 17.4 Å². The Labute approximate surface area is 164 Å². The third-order valence-electron chi connectivity index (χ3n) is 5.56. The van der Waals surface area contributed by atoms with Crippen LogP contribution in [-0.4, -0.2) is 29.6 Å². The molecule has 1 aliphatic heterocycles. The fourth-order valence-corrected chi connectivity index (χ4v) is 4.68. The van der Waals surface area contributed by atoms with Crippen molar-refractivity contribution in [1.82, 2.24) is 0 Å². The van der Waals surface area contributed by atoms with E-state index in [0.29, 0.717) is 11.3 Å². The molecule has 154 valence electrons. The topological polar surface area (TPSA) is 38.7 Å². The maximum absolute atomic E-state index is 15.7. The van der Waals surface area contributed by atoms with E-state index in [9.17, 15) is 22.4 Å². The number of halogens is 5. The zero-order valence-corrected chi connectivity index (χ0v) is 15.9. The fraction of sp³-hybridized carbons (Fsp3) is 0.429. The highest BCUT2D eigenvalue weighted by Crippen LogP contribution is 2.54. The minimum absolute atomic E-state index is 0.0228. The molecule has 3 nitrogen and oxygen atoms in total. The Kier molecular flexibility index (Phi) is 4.26. The Morgan fingerprint density at radius 1 is 1.24 bits per heavy atom. The van der Waals surface area contributed by atoms with Gasteiger partial charge >= 0.3 is 12.1 Å². The molecule has 3 unspecified atom stereocenters. The Morgan fingerprint density at radius 2 is 1.93 bits per heavy atom. The molecule has 1 aromatic carbocycles. The number of dihydropyridines is 1. The van der Waals surface area contributed by atoms with E-state index in [1.165, 1.54) is 6.07 Å². The highest BCUT2D eigenvalue weighted by molar-refractivity contribution is 5.98. The van der Waals surface area contributed by atoms with Crippen LogP contribution in [0.3, 0.4) is 0 Å². The van der Waals surface area contributed by atoms with Gasteiger partial charge in [-0.05, 0) is 44.0 Å². The van der Waals surface area contributed by atoms with Crippen LogP contribution in [0.5, 0.6) is 0 Å². The van der Waals surface area contributed by atoms with Crippen molar-refractivity contribution < 1.29 is 31.5 Å². The number of alkyl halides is 4. The van der Waals surface area contributed by atoms with Gasteiger partial charge in [0.05, 0.1) is 11.5 Å². The predicted octanol–water partition coefficient (Wildman–Crippen LogP) is 5.28. The molecule has 1 aromatic rings. The van der Waals surface area contributed by atoms with Gasteiger partial charge in [0.25, 0.3) is 0 Å². The van der Waals surface area contributed by atoms with Crippen molar-refractivity contribution in [3.8, 4) is 0 Å². The molecule has 0 spiro atoms. The van der Waals surface area contributed by atoms with Gasteiger partial charge in [-0.3, -0.25) is 4.99 Å². The minimum Gasteiger partial charge on any atom is -0.419 e. The number of fused-ring (bicyclic) bond motifs is 4. The second kappa shape index (κ2) is 6.24. The second-order valence-corrected chi connectivity index (χ2v) is 8.19. The summed E-state index contributed by atoms with van der Waals surface area (Å²) in [7, 11) is 0. The largest absolute Gasteiger partial charge is 0.491 e. The number of carbonyl (C=O) groups is 1. The first kappa shape index (κ1) is 19.8. The first-order valence-corrected chi connectivity index (χ1v) is 9.13. The van der Waals surface area contributed by atoms with E-state index in [1.807, 2.05) is 19.9 Å². The van der Waals surface area contributed by atoms with Crippen molar-refractivity contribution in [3.63, 3.8) is 0 Å². The van der Waals surface area contributed by atoms with Gasteiger partial charge in [-0.1, -0.05) is 17.7 Å². The van der Waals surface area contributed by atoms with Crippen LogP contribution in [0.15, 0.2) is 40.4 Å². The zero-order chi connectivity index (χ0) is 21.3. The van der Waals surface area contributed by atoms with Gasteiger partial charge in [0.2, 0.25) is 0 Å². The Morgan fingerprint density at radius 3 is 2.59 bits per heavy atom. The number of hydrogen-bond acceptors (Lipinski definition) is 3. The van der Waals surface area contributed by atoms with E-state index in [-0.39, 0.29) is 17.6 Å². The molecule has 8 heteroatoms. The van der Waals surface area contributed by atoms with E-state index in [1.54, 1.807) is 6.92 Å². The maximum atomic E-state index is 15.7. The van der Waals surface area contributed by atoms with Gasteiger partial charge in [0, 0.05) is 23.6 Å². The highest BCUT2D eigenvalue weighted by atomic mass is 19.4. The van der Waals surface area contributed by atoms with Crippen molar-refractivity contribution in [2.75, 3.05) is 0 Å². The van der Waals surface area contributed by atoms with Crippen LogP contribution in [0.25, 0.3) is 5.76 Å². The summed E-state index contributed by atoms with van der Waals surface area (Å²) in [5, 5.41) is 0. The van der Waals surface area contributed by atoms with E-state index in [0.717, 1.165) is 17.7 Å². The molecule has 0 amide bonds. The lowest BCUT2D eigenvalue weighted by molar-refractivity contribution is -0.192. The molecule has 1 fully saturated rings. The molecular weight excluding hydrogens is 393 g/mol. The zero-order valence-electron chi connectivity index (χ0n) is 15.9. The lowest BCUT2D eigenvalue weighted by atomic mass is 9.69. The average molecular weight is 411 g/mol. The molecule has 0 bridgehead atoms. The average Bonchev–Trinajstić information content (AvgIpc) is 2.86. The van der Waals surface area contributed by atoms with Gasteiger partial charge in [-0.15, -0.1) is 0 Å². The SMILES string of the molecule is CC1=CC(C)(C)N=C2CC3=C(OC(=O)C(F)(F)F)c4cc(F)ccc4C3C(F)C12. The third-order valence-corrected chi connectivity index (χ3v) is 5.56. The molecule has 29 heavy (non-hydrogen) atoms. The number of aliphatic imine (C=N–C) groups is 1. The van der Waals surface area contributed by atoms with Crippen molar-refractivity contribution in [1.29, 1.82) is 0 Å². The molecule has 1 heterocycles. The predicted molar refractivity (Wildman–Crippen MR) is 96.5 cm³/mol. The van der Waals surface area contributed by atoms with E-state index in [2.05, 4.69) is 9.73 Å². The number of nitrogens with zero attached hydrogens (tertiary/aromatic N) is 1. The monoisotopic (exact) mass is 411 g/mol. The van der Waals surface area contributed by atoms with E-state index < -0.39 is 47.3 Å². The fourth-order valence-electron chi connectivity index (χ4n) is 4.68. The van der Waals surface area contributed by atoms with Crippen molar-refractivity contribution in [2.45, 2.75) is 51.0 Å². The van der Waals surface area contributed by atoms with E-state index in [4.69, 9.17) is 0 Å². The van der Waals surface area contributed by atoms with Crippen LogP contribution in [-0.2, 0) is 9.53 Å². The smallest absolute Gasteiger partial charge is 0.419 e. The highest BCUT2D eigenvalue weighted by Gasteiger charge is 2.51. The Balaban J connectivity index is 1.87. The number of rotatable bonds is 1. The Bertz CT molecular complexity index is 1000. The lowest BCUT2D eigenvalue weighted by Crippen LogP contribution is -2.41. The molecule has 2 aliphatic carbocycles. The summed E-state index contributed by atoms with van der Waals surface area (Å²) < 4.78 is 72.6. The van der Waals surface area contributed by atoms with Gasteiger partial charge in [0.1, 0.15) is 17.7 Å². The van der Waals surface area contributed by atoms with Gasteiger partial charge in [-0.2, -0.15) is 13.2 Å². The molecule has 0 radical (unpaired) electrons. The number of allylic oxidation sites excluding steroid dienone is 2. The maximum Gasteiger partial charge on any atom is 0.491 e. The minimum atomic E-state index is -5.23. The van der Waals surface area contributed by atoms with Crippen LogP contribution in [0, 0.1) is 11.7 Å². The molecule has 4 rings (SSSR count). The first-order valence-electron chi connectivity index (χ1n) is 9.13. The van der Waals surface area contributed by atoms with E-state index >= 15 is 4.39 Å². The van der Waals surface area contributed by atoms with Gasteiger partial charge in [-0.25, -0.2) is 13.6 Å². The van der Waals surface area contributed by atoms with Crippen molar-refractivity contribution in [3.05, 3.63) is 52.4 Å². The van der Waals surface area contributed by atoms with Crippen LogP contribution in [0.2, 0.25) is 0 Å². The lowest BCUT2D eigenvalue weighted by Gasteiger charge is -2.39. The van der Waals surface area contributed by atoms with Gasteiger partial charge < -0.3 is 4.74 Å². The summed E-state index contributed by atoms with van der Waals surface area (Å²) in [4.78, 5) is 16.1. The number of esters is 1. The summed E-state index contributed by atoms with van der Waals surface area (Å²) in [5.74, 6) is -5.09. The number of hydrogen-bond donors (Lipinski definition) is 0. The summed E-state index contributed by atoms with van der Waals surface area (Å²) in [6.07, 6.45) is -4.82. The third kappa shape index (κ3) is 3.18. The number of benzene rings is 1. The van der Waals surface area contributed by atoms with Gasteiger partial charge in [0.15, 0.2) is 0 Å². The van der Waals surface area contributed by atoms with Crippen LogP contribution < -0.4 is 0 Å². The number of carbonyl (C=O) groups excluding carboxylic acids is 1. The quantitative estimate of drug-likeness (QED) is 0.358. The normalized spacial score (nSPS) is 27.5. The standard InChI is InChI=1S/C21H18F5NO2/c1-9-8-20(2,3)27-14-7-13-16(17(23)15(9)14)11-5-4-10(22)6-12(11)18(13)29-19(28)21(24,25)26/h4-6,8,15-17H,7H2,1-3H3. The summed E-state index contributed by atoms with van der Waals surface area (Å²) in [6, 6.07) is 3.43. The molecule has 1 saturated carbocycles. The molecule has 3 aliphatic rings. The molecule has 0 saturated heterocycles. The number of ether oxygens (including phenoxy) is 1. The summed E-state index contributed by atoms with van der Waals surface area (Å²) in [5.41, 5.74) is 1.18. The summed E-state index contributed by atoms with van der Waals surface area (Å²) in [6.45, 7) is 5.49. The molecule has 0 aromatic heterocycles.